The second kappa shape index (κ2) is 9.85. The van der Waals surface area contributed by atoms with Crippen molar-refractivity contribution in [1.29, 1.82) is 0 Å². The Hall–Kier alpha value is -2.18. The summed E-state index contributed by atoms with van der Waals surface area (Å²) in [7, 11) is 0. The van der Waals surface area contributed by atoms with Crippen LogP contribution >= 0.6 is 23.1 Å². The van der Waals surface area contributed by atoms with Crippen LogP contribution in [0.25, 0.3) is 11.3 Å². The number of aromatic nitrogens is 1. The highest BCUT2D eigenvalue weighted by atomic mass is 32.2. The van der Waals surface area contributed by atoms with E-state index in [0.717, 1.165) is 28.3 Å². The second-order valence-electron chi connectivity index (χ2n) is 6.77. The number of hydrogen-bond acceptors (Lipinski definition) is 4. The Labute approximate surface area is 173 Å². The van der Waals surface area contributed by atoms with Crippen LogP contribution in [0.3, 0.4) is 0 Å². The Morgan fingerprint density at radius 2 is 1.86 bits per heavy atom. The number of amides is 1. The topological polar surface area (TPSA) is 42.0 Å². The monoisotopic (exact) mass is 414 g/mol. The van der Waals surface area contributed by atoms with E-state index in [1.807, 2.05) is 5.38 Å². The minimum absolute atomic E-state index is 0.0317. The molecule has 1 N–H and O–H groups in total. The molecule has 0 saturated carbocycles. The molecule has 2 aromatic carbocycles. The van der Waals surface area contributed by atoms with Gasteiger partial charge in [0.25, 0.3) is 0 Å². The molecule has 146 valence electrons. The number of thiazole rings is 1. The molecule has 0 atom stereocenters. The van der Waals surface area contributed by atoms with Gasteiger partial charge in [0.15, 0.2) is 5.13 Å². The Kier molecular flexibility index (Phi) is 7.23. The van der Waals surface area contributed by atoms with Crippen molar-refractivity contribution in [2.45, 2.75) is 37.5 Å². The number of thioether (sulfide) groups is 1. The van der Waals surface area contributed by atoms with Crippen LogP contribution in [0.15, 0.2) is 58.8 Å². The molecule has 6 heteroatoms. The van der Waals surface area contributed by atoms with Gasteiger partial charge in [0.2, 0.25) is 5.91 Å². The highest BCUT2D eigenvalue weighted by Gasteiger charge is 2.09. The summed E-state index contributed by atoms with van der Waals surface area (Å²) in [6, 6.07) is 14.8. The van der Waals surface area contributed by atoms with Crippen molar-refractivity contribution >= 4 is 34.1 Å². The van der Waals surface area contributed by atoms with Gasteiger partial charge in [-0.05, 0) is 47.9 Å². The molecule has 0 unspecified atom stereocenters. The molecule has 0 bridgehead atoms. The first-order valence-electron chi connectivity index (χ1n) is 9.25. The molecule has 28 heavy (non-hydrogen) atoms. The van der Waals surface area contributed by atoms with E-state index < -0.39 is 0 Å². The molecular weight excluding hydrogens is 391 g/mol. The average molecular weight is 415 g/mol. The SMILES string of the molecule is CC(C)c1ccc(-c2csc(NC(=O)CCCSc3ccc(F)cc3)n2)cc1. The van der Waals surface area contributed by atoms with Crippen molar-refractivity contribution in [3.05, 3.63) is 65.3 Å². The molecule has 1 heterocycles. The van der Waals surface area contributed by atoms with E-state index in [0.29, 0.717) is 17.5 Å². The van der Waals surface area contributed by atoms with Gasteiger partial charge in [-0.3, -0.25) is 4.79 Å². The van der Waals surface area contributed by atoms with E-state index in [1.165, 1.54) is 29.0 Å². The van der Waals surface area contributed by atoms with Crippen LogP contribution in [0.5, 0.6) is 0 Å². The number of carbonyl (C=O) groups is 1. The third-order valence-electron chi connectivity index (χ3n) is 4.25. The molecule has 1 aromatic heterocycles. The zero-order chi connectivity index (χ0) is 19.9. The maximum absolute atomic E-state index is 12.9. The quantitative estimate of drug-likeness (QED) is 0.334. The summed E-state index contributed by atoms with van der Waals surface area (Å²) in [6.07, 6.45) is 1.19. The number of anilines is 1. The molecule has 0 aliphatic rings. The van der Waals surface area contributed by atoms with Gasteiger partial charge in [-0.2, -0.15) is 0 Å². The van der Waals surface area contributed by atoms with Gasteiger partial charge in [-0.1, -0.05) is 38.1 Å². The lowest BCUT2D eigenvalue weighted by Crippen LogP contribution is -2.11. The van der Waals surface area contributed by atoms with Gasteiger partial charge in [0.1, 0.15) is 5.82 Å². The Bertz CT molecular complexity index is 905. The summed E-state index contributed by atoms with van der Waals surface area (Å²) in [4.78, 5) is 17.7. The molecule has 0 spiro atoms. The second-order valence-corrected chi connectivity index (χ2v) is 8.80. The lowest BCUT2D eigenvalue weighted by molar-refractivity contribution is -0.116. The maximum atomic E-state index is 12.9. The summed E-state index contributed by atoms with van der Waals surface area (Å²) in [5.41, 5.74) is 3.23. The molecule has 1 amide bonds. The lowest BCUT2D eigenvalue weighted by Gasteiger charge is -2.05. The third-order valence-corrected chi connectivity index (χ3v) is 6.11. The van der Waals surface area contributed by atoms with E-state index >= 15 is 0 Å². The molecule has 3 rings (SSSR count). The third kappa shape index (κ3) is 5.91. The van der Waals surface area contributed by atoms with Crippen molar-refractivity contribution in [1.82, 2.24) is 4.98 Å². The van der Waals surface area contributed by atoms with Gasteiger partial charge >= 0.3 is 0 Å². The highest BCUT2D eigenvalue weighted by molar-refractivity contribution is 7.99. The lowest BCUT2D eigenvalue weighted by atomic mass is 10.0. The number of carbonyl (C=O) groups excluding carboxylic acids is 1. The Morgan fingerprint density at radius 1 is 1.14 bits per heavy atom. The van der Waals surface area contributed by atoms with Crippen molar-refractivity contribution in [2.75, 3.05) is 11.1 Å². The first-order valence-corrected chi connectivity index (χ1v) is 11.1. The summed E-state index contributed by atoms with van der Waals surface area (Å²) in [5, 5.41) is 5.46. The highest BCUT2D eigenvalue weighted by Crippen LogP contribution is 2.27. The van der Waals surface area contributed by atoms with Crippen molar-refractivity contribution in [2.24, 2.45) is 0 Å². The van der Waals surface area contributed by atoms with Crippen LogP contribution in [0.1, 0.15) is 38.2 Å². The van der Waals surface area contributed by atoms with Crippen LogP contribution in [0.2, 0.25) is 0 Å². The van der Waals surface area contributed by atoms with Crippen molar-refractivity contribution in [3.63, 3.8) is 0 Å². The van der Waals surface area contributed by atoms with Crippen molar-refractivity contribution in [3.8, 4) is 11.3 Å². The molecule has 0 aliphatic carbocycles. The molecular formula is C22H23FN2OS2. The van der Waals surface area contributed by atoms with Crippen molar-refractivity contribution < 1.29 is 9.18 Å². The minimum Gasteiger partial charge on any atom is -0.302 e. The van der Waals surface area contributed by atoms with E-state index in [1.54, 1.807) is 23.9 Å². The van der Waals surface area contributed by atoms with Crippen LogP contribution in [0.4, 0.5) is 9.52 Å². The fourth-order valence-electron chi connectivity index (χ4n) is 2.64. The molecule has 0 fully saturated rings. The molecule has 3 aromatic rings. The summed E-state index contributed by atoms with van der Waals surface area (Å²) in [6.45, 7) is 4.34. The van der Waals surface area contributed by atoms with E-state index in [2.05, 4.69) is 48.4 Å². The number of nitrogens with one attached hydrogen (secondary N) is 1. The molecule has 0 saturated heterocycles. The first kappa shape index (κ1) is 20.6. The zero-order valence-corrected chi connectivity index (χ0v) is 17.6. The van der Waals surface area contributed by atoms with Crippen LogP contribution in [-0.4, -0.2) is 16.6 Å². The van der Waals surface area contributed by atoms with E-state index in [4.69, 9.17) is 0 Å². The minimum atomic E-state index is -0.234. The summed E-state index contributed by atoms with van der Waals surface area (Å²) >= 11 is 3.06. The molecule has 0 aliphatic heterocycles. The number of halogens is 1. The molecule has 3 nitrogen and oxygen atoms in total. The standard InChI is InChI=1S/C22H23FN2OS2/c1-15(2)16-5-7-17(8-6-16)20-14-28-22(24-20)25-21(26)4-3-13-27-19-11-9-18(23)10-12-19/h5-12,14-15H,3-4,13H2,1-2H3,(H,24,25,26). The Balaban J connectivity index is 1.45. The average Bonchev–Trinajstić information content (AvgIpc) is 3.15. The van der Waals surface area contributed by atoms with Gasteiger partial charge in [-0.15, -0.1) is 23.1 Å². The zero-order valence-electron chi connectivity index (χ0n) is 15.9. The molecule has 0 radical (unpaired) electrons. The van der Waals surface area contributed by atoms with E-state index in [9.17, 15) is 9.18 Å². The number of rotatable bonds is 8. The summed E-state index contributed by atoms with van der Waals surface area (Å²) in [5.74, 6) is 1.04. The normalized spacial score (nSPS) is 11.0. The van der Waals surface area contributed by atoms with Crippen LogP contribution < -0.4 is 5.32 Å². The smallest absolute Gasteiger partial charge is 0.226 e. The maximum Gasteiger partial charge on any atom is 0.226 e. The van der Waals surface area contributed by atoms with Crippen LogP contribution in [0, 0.1) is 5.82 Å². The van der Waals surface area contributed by atoms with Crippen LogP contribution in [-0.2, 0) is 4.79 Å². The Morgan fingerprint density at radius 3 is 2.54 bits per heavy atom. The summed E-state index contributed by atoms with van der Waals surface area (Å²) < 4.78 is 12.9. The first-order chi connectivity index (χ1) is 13.5. The van der Waals surface area contributed by atoms with Gasteiger partial charge in [0.05, 0.1) is 5.69 Å². The number of nitrogens with zero attached hydrogens (tertiary/aromatic N) is 1. The van der Waals surface area contributed by atoms with E-state index in [-0.39, 0.29) is 11.7 Å². The van der Waals surface area contributed by atoms with Gasteiger partial charge in [0, 0.05) is 22.3 Å². The fourth-order valence-corrected chi connectivity index (χ4v) is 4.23. The number of benzene rings is 2. The fraction of sp³-hybridized carbons (Fsp3) is 0.273. The van der Waals surface area contributed by atoms with Gasteiger partial charge in [-0.25, -0.2) is 9.37 Å². The predicted octanol–water partition coefficient (Wildman–Crippen LogP) is 6.58. The number of hydrogen-bond donors (Lipinski definition) is 1. The van der Waals surface area contributed by atoms with Gasteiger partial charge < -0.3 is 5.32 Å². The largest absolute Gasteiger partial charge is 0.302 e. The predicted molar refractivity (Wildman–Crippen MR) is 117 cm³/mol.